The van der Waals surface area contributed by atoms with E-state index >= 15 is 0 Å². The summed E-state index contributed by atoms with van der Waals surface area (Å²) in [6.45, 7) is 3.63. The zero-order valence-corrected chi connectivity index (χ0v) is 12.8. The molecule has 1 heterocycles. The van der Waals surface area contributed by atoms with E-state index in [0.717, 1.165) is 5.56 Å². The number of hydrogen-bond donors (Lipinski definition) is 2. The summed E-state index contributed by atoms with van der Waals surface area (Å²) < 4.78 is 0. The van der Waals surface area contributed by atoms with Crippen molar-refractivity contribution in [2.24, 2.45) is 5.92 Å². The fourth-order valence-corrected chi connectivity index (χ4v) is 2.63. The fourth-order valence-electron chi connectivity index (χ4n) is 1.87. The molecule has 1 aromatic heterocycles. The van der Waals surface area contributed by atoms with Crippen LogP contribution in [0.3, 0.4) is 0 Å². The molecule has 0 radical (unpaired) electrons. The monoisotopic (exact) mass is 321 g/mol. The molecule has 0 amide bonds. The quantitative estimate of drug-likeness (QED) is 0.625. The van der Waals surface area contributed by atoms with Crippen LogP contribution in [0.1, 0.15) is 13.8 Å². The minimum absolute atomic E-state index is 0.0167. The Morgan fingerprint density at radius 3 is 2.50 bits per heavy atom. The van der Waals surface area contributed by atoms with Crippen LogP contribution in [0.2, 0.25) is 0 Å². The van der Waals surface area contributed by atoms with Crippen molar-refractivity contribution in [2.45, 2.75) is 19.9 Å². The second kappa shape index (κ2) is 6.52. The Morgan fingerprint density at radius 2 is 2.00 bits per heavy atom. The lowest BCUT2D eigenvalue weighted by Gasteiger charge is -2.16. The van der Waals surface area contributed by atoms with E-state index in [0.29, 0.717) is 10.8 Å². The Hall–Kier alpha value is -2.48. The third kappa shape index (κ3) is 3.59. The molecule has 0 aliphatic carbocycles. The van der Waals surface area contributed by atoms with Crippen molar-refractivity contribution in [3.63, 3.8) is 0 Å². The van der Waals surface area contributed by atoms with Crippen LogP contribution >= 0.6 is 11.3 Å². The molecule has 0 fully saturated rings. The van der Waals surface area contributed by atoms with Gasteiger partial charge in [-0.25, -0.2) is 9.78 Å². The van der Waals surface area contributed by atoms with Gasteiger partial charge in [0.15, 0.2) is 5.13 Å². The van der Waals surface area contributed by atoms with E-state index in [1.54, 1.807) is 17.5 Å². The molecule has 0 bridgehead atoms. The number of aliphatic carboxylic acids is 1. The lowest BCUT2D eigenvalue weighted by atomic mass is 10.1. The number of carbonyl (C=O) groups is 1. The number of carboxylic acid groups (broad SMARTS) is 1. The SMILES string of the molecule is CC(C)[C@H](Nc1nc(-c2ccc([N+](=O)[O-])cc2)cs1)C(=O)O. The summed E-state index contributed by atoms with van der Waals surface area (Å²) in [5, 5.41) is 25.0. The second-order valence-corrected chi connectivity index (χ2v) is 5.90. The van der Waals surface area contributed by atoms with Crippen LogP contribution in [-0.4, -0.2) is 27.0 Å². The normalized spacial score (nSPS) is 12.1. The summed E-state index contributed by atoms with van der Waals surface area (Å²) in [7, 11) is 0. The highest BCUT2D eigenvalue weighted by molar-refractivity contribution is 7.14. The number of thiazole rings is 1. The number of nitro groups is 1. The predicted octanol–water partition coefficient (Wildman–Crippen LogP) is 3.24. The molecule has 2 rings (SSSR count). The maximum absolute atomic E-state index is 11.2. The van der Waals surface area contributed by atoms with Gasteiger partial charge in [0.1, 0.15) is 6.04 Å². The third-order valence-corrected chi connectivity index (χ3v) is 3.86. The molecule has 116 valence electrons. The smallest absolute Gasteiger partial charge is 0.326 e. The number of anilines is 1. The van der Waals surface area contributed by atoms with Gasteiger partial charge in [-0.1, -0.05) is 13.8 Å². The van der Waals surface area contributed by atoms with Crippen LogP contribution in [0, 0.1) is 16.0 Å². The van der Waals surface area contributed by atoms with E-state index in [1.807, 2.05) is 13.8 Å². The number of nitro benzene ring substituents is 1. The summed E-state index contributed by atoms with van der Waals surface area (Å²) in [5.74, 6) is -1.01. The van der Waals surface area contributed by atoms with Crippen molar-refractivity contribution in [2.75, 3.05) is 5.32 Å². The van der Waals surface area contributed by atoms with Gasteiger partial charge in [-0.2, -0.15) is 0 Å². The fraction of sp³-hybridized carbons (Fsp3) is 0.286. The van der Waals surface area contributed by atoms with Gasteiger partial charge in [-0.3, -0.25) is 10.1 Å². The maximum atomic E-state index is 11.2. The van der Waals surface area contributed by atoms with Gasteiger partial charge in [-0.15, -0.1) is 11.3 Å². The molecule has 1 atom stereocenters. The Balaban J connectivity index is 2.17. The van der Waals surface area contributed by atoms with Crippen LogP contribution < -0.4 is 5.32 Å². The van der Waals surface area contributed by atoms with E-state index < -0.39 is 16.9 Å². The first-order valence-corrected chi connectivity index (χ1v) is 7.46. The number of benzene rings is 1. The Labute approximate surface area is 130 Å². The van der Waals surface area contributed by atoms with E-state index in [4.69, 9.17) is 5.11 Å². The molecule has 2 N–H and O–H groups in total. The first kappa shape index (κ1) is 15.9. The minimum Gasteiger partial charge on any atom is -0.480 e. The molecule has 0 aliphatic rings. The second-order valence-electron chi connectivity index (χ2n) is 5.05. The molecule has 0 saturated carbocycles. The van der Waals surface area contributed by atoms with Gasteiger partial charge in [0, 0.05) is 23.1 Å². The molecular formula is C14H15N3O4S. The summed E-state index contributed by atoms with van der Waals surface area (Å²) in [5.41, 5.74) is 1.41. The van der Waals surface area contributed by atoms with Gasteiger partial charge >= 0.3 is 5.97 Å². The topological polar surface area (TPSA) is 105 Å². The zero-order chi connectivity index (χ0) is 16.3. The van der Waals surface area contributed by atoms with E-state index in [1.165, 1.54) is 23.5 Å². The lowest BCUT2D eigenvalue weighted by molar-refractivity contribution is -0.384. The number of nitrogens with one attached hydrogen (secondary N) is 1. The van der Waals surface area contributed by atoms with Crippen molar-refractivity contribution < 1.29 is 14.8 Å². The van der Waals surface area contributed by atoms with Crippen molar-refractivity contribution in [3.8, 4) is 11.3 Å². The third-order valence-electron chi connectivity index (χ3n) is 3.09. The molecular weight excluding hydrogens is 306 g/mol. The number of carboxylic acids is 1. The summed E-state index contributed by atoms with van der Waals surface area (Å²) in [6, 6.07) is 5.35. The summed E-state index contributed by atoms with van der Waals surface area (Å²) in [4.78, 5) is 25.7. The highest BCUT2D eigenvalue weighted by Crippen LogP contribution is 2.27. The molecule has 0 saturated heterocycles. The van der Waals surface area contributed by atoms with Crippen LogP contribution in [-0.2, 0) is 4.79 Å². The molecule has 2 aromatic rings. The number of rotatable bonds is 6. The van der Waals surface area contributed by atoms with Crippen molar-refractivity contribution in [1.82, 2.24) is 4.98 Å². The molecule has 7 nitrogen and oxygen atoms in total. The lowest BCUT2D eigenvalue weighted by Crippen LogP contribution is -2.34. The summed E-state index contributed by atoms with van der Waals surface area (Å²) >= 11 is 1.30. The zero-order valence-electron chi connectivity index (χ0n) is 12.0. The summed E-state index contributed by atoms with van der Waals surface area (Å²) in [6.07, 6.45) is 0. The number of non-ortho nitro benzene ring substituents is 1. The van der Waals surface area contributed by atoms with Crippen molar-refractivity contribution in [1.29, 1.82) is 0 Å². The number of nitrogens with zero attached hydrogens (tertiary/aromatic N) is 2. The van der Waals surface area contributed by atoms with Crippen molar-refractivity contribution in [3.05, 3.63) is 39.8 Å². The number of aromatic nitrogens is 1. The van der Waals surface area contributed by atoms with E-state index in [2.05, 4.69) is 10.3 Å². The molecule has 1 aromatic carbocycles. The first-order valence-electron chi connectivity index (χ1n) is 6.58. The van der Waals surface area contributed by atoms with Gasteiger partial charge in [-0.05, 0) is 18.1 Å². The highest BCUT2D eigenvalue weighted by Gasteiger charge is 2.22. The molecule has 8 heteroatoms. The van der Waals surface area contributed by atoms with Crippen LogP contribution in [0.5, 0.6) is 0 Å². The van der Waals surface area contributed by atoms with Crippen LogP contribution in [0.15, 0.2) is 29.6 Å². The Kier molecular flexibility index (Phi) is 4.71. The minimum atomic E-state index is -0.929. The van der Waals surface area contributed by atoms with E-state index in [9.17, 15) is 14.9 Å². The van der Waals surface area contributed by atoms with Crippen molar-refractivity contribution >= 4 is 28.1 Å². The largest absolute Gasteiger partial charge is 0.480 e. The molecule has 0 aliphatic heterocycles. The predicted molar refractivity (Wildman–Crippen MR) is 84.1 cm³/mol. The average Bonchev–Trinajstić information content (AvgIpc) is 2.92. The highest BCUT2D eigenvalue weighted by atomic mass is 32.1. The average molecular weight is 321 g/mol. The van der Waals surface area contributed by atoms with Crippen LogP contribution in [0.25, 0.3) is 11.3 Å². The number of hydrogen-bond acceptors (Lipinski definition) is 6. The first-order chi connectivity index (χ1) is 10.4. The van der Waals surface area contributed by atoms with Gasteiger partial charge in [0.05, 0.1) is 10.6 Å². The molecule has 0 unspecified atom stereocenters. The molecule has 22 heavy (non-hydrogen) atoms. The maximum Gasteiger partial charge on any atom is 0.326 e. The van der Waals surface area contributed by atoms with Gasteiger partial charge in [0.25, 0.3) is 5.69 Å². The van der Waals surface area contributed by atoms with Gasteiger partial charge in [0.2, 0.25) is 0 Å². The Morgan fingerprint density at radius 1 is 1.36 bits per heavy atom. The van der Waals surface area contributed by atoms with E-state index in [-0.39, 0.29) is 11.6 Å². The Bertz CT molecular complexity index is 682. The van der Waals surface area contributed by atoms with Gasteiger partial charge < -0.3 is 10.4 Å². The van der Waals surface area contributed by atoms with Crippen LogP contribution in [0.4, 0.5) is 10.8 Å². The standard InChI is InChI=1S/C14H15N3O4S/c1-8(2)12(13(18)19)16-14-15-11(7-22-14)9-3-5-10(6-4-9)17(20)21/h3-8,12H,1-2H3,(H,15,16)(H,18,19)/t12-/m0/s1. The molecule has 0 spiro atoms.